The fourth-order valence-electron chi connectivity index (χ4n) is 2.86. The Morgan fingerprint density at radius 1 is 1.09 bits per heavy atom. The maximum Gasteiger partial charge on any atom is 0.154 e. The second-order valence-electron chi connectivity index (χ2n) is 5.98. The van der Waals surface area contributed by atoms with E-state index < -0.39 is 0 Å². The van der Waals surface area contributed by atoms with Crippen LogP contribution in [0, 0.1) is 0 Å². The molecule has 0 unspecified atom stereocenters. The number of aromatic nitrogens is 4. The van der Waals surface area contributed by atoms with Gasteiger partial charge in [-0.2, -0.15) is 5.10 Å². The lowest BCUT2D eigenvalue weighted by atomic mass is 10.1. The molecule has 118 valence electrons. The quantitative estimate of drug-likeness (QED) is 0.743. The Kier molecular flexibility index (Phi) is 3.67. The predicted octanol–water partition coefficient (Wildman–Crippen LogP) is 2.26. The van der Waals surface area contributed by atoms with Crippen LogP contribution in [-0.2, 0) is 0 Å². The average Bonchev–Trinajstić information content (AvgIpc) is 3.05. The van der Waals surface area contributed by atoms with Gasteiger partial charge in [-0.3, -0.25) is 4.98 Å². The number of hydrogen-bond acceptors (Lipinski definition) is 5. The number of ether oxygens (including phenoxy) is 1. The third-order valence-electron chi connectivity index (χ3n) is 4.25. The van der Waals surface area contributed by atoms with Crippen molar-refractivity contribution in [3.63, 3.8) is 0 Å². The van der Waals surface area contributed by atoms with E-state index in [1.165, 1.54) is 0 Å². The minimum atomic E-state index is 0.293. The van der Waals surface area contributed by atoms with Gasteiger partial charge in [0.2, 0.25) is 0 Å². The SMILES string of the molecule is CN1CCC(Oc2ccc(-c3cnc4ccnn4c3)nc2)CC1. The lowest BCUT2D eigenvalue weighted by Gasteiger charge is -2.29. The summed E-state index contributed by atoms with van der Waals surface area (Å²) in [6.07, 6.45) is 9.70. The Bertz CT molecular complexity index is 790. The molecule has 0 amide bonds. The molecule has 0 bridgehead atoms. The second-order valence-corrected chi connectivity index (χ2v) is 5.98. The molecule has 6 nitrogen and oxygen atoms in total. The molecule has 0 atom stereocenters. The zero-order chi connectivity index (χ0) is 15.6. The lowest BCUT2D eigenvalue weighted by molar-refractivity contribution is 0.114. The highest BCUT2D eigenvalue weighted by molar-refractivity contribution is 5.58. The first-order valence-corrected chi connectivity index (χ1v) is 7.89. The molecule has 1 saturated heterocycles. The summed E-state index contributed by atoms with van der Waals surface area (Å²) in [7, 11) is 2.15. The Hall–Kier alpha value is -2.47. The number of likely N-dealkylation sites (tertiary alicyclic amines) is 1. The summed E-state index contributed by atoms with van der Waals surface area (Å²) in [5.41, 5.74) is 2.63. The van der Waals surface area contributed by atoms with E-state index in [1.807, 2.05) is 30.6 Å². The molecule has 0 aliphatic carbocycles. The zero-order valence-corrected chi connectivity index (χ0v) is 13.1. The van der Waals surface area contributed by atoms with E-state index in [0.29, 0.717) is 6.10 Å². The van der Waals surface area contributed by atoms with Gasteiger partial charge in [-0.05, 0) is 32.0 Å². The lowest BCUT2D eigenvalue weighted by Crippen LogP contribution is -2.35. The van der Waals surface area contributed by atoms with Gasteiger partial charge in [0.25, 0.3) is 0 Å². The summed E-state index contributed by atoms with van der Waals surface area (Å²) in [5.74, 6) is 0.830. The maximum absolute atomic E-state index is 6.03. The van der Waals surface area contributed by atoms with Crippen LogP contribution < -0.4 is 4.74 Å². The Morgan fingerprint density at radius 2 is 1.96 bits per heavy atom. The largest absolute Gasteiger partial charge is 0.489 e. The van der Waals surface area contributed by atoms with Crippen LogP contribution in [0.2, 0.25) is 0 Å². The van der Waals surface area contributed by atoms with Gasteiger partial charge in [0.15, 0.2) is 5.65 Å². The van der Waals surface area contributed by atoms with Crippen molar-refractivity contribution in [2.75, 3.05) is 20.1 Å². The number of piperidine rings is 1. The number of hydrogen-bond donors (Lipinski definition) is 0. The van der Waals surface area contributed by atoms with Gasteiger partial charge in [-0.1, -0.05) is 0 Å². The summed E-state index contributed by atoms with van der Waals surface area (Å²) in [6, 6.07) is 5.82. The first-order valence-electron chi connectivity index (χ1n) is 7.89. The van der Waals surface area contributed by atoms with Crippen LogP contribution >= 0.6 is 0 Å². The van der Waals surface area contributed by atoms with Crippen LogP contribution in [0.3, 0.4) is 0 Å². The van der Waals surface area contributed by atoms with Gasteiger partial charge in [-0.25, -0.2) is 9.50 Å². The highest BCUT2D eigenvalue weighted by Crippen LogP contribution is 2.21. The molecule has 3 aromatic heterocycles. The van der Waals surface area contributed by atoms with E-state index in [0.717, 1.165) is 48.6 Å². The molecule has 0 radical (unpaired) electrons. The molecule has 1 aliphatic rings. The zero-order valence-electron chi connectivity index (χ0n) is 13.1. The van der Waals surface area contributed by atoms with Gasteiger partial charge >= 0.3 is 0 Å². The summed E-state index contributed by atoms with van der Waals surface area (Å²) in [4.78, 5) is 11.2. The van der Waals surface area contributed by atoms with E-state index in [4.69, 9.17) is 4.74 Å². The van der Waals surface area contributed by atoms with Crippen molar-refractivity contribution < 1.29 is 4.74 Å². The van der Waals surface area contributed by atoms with Crippen LogP contribution in [0.25, 0.3) is 16.9 Å². The third kappa shape index (κ3) is 3.03. The van der Waals surface area contributed by atoms with Crippen molar-refractivity contribution in [3.8, 4) is 17.0 Å². The molecule has 4 rings (SSSR count). The number of fused-ring (bicyclic) bond motifs is 1. The molecule has 3 aromatic rings. The summed E-state index contributed by atoms with van der Waals surface area (Å²) >= 11 is 0. The van der Waals surface area contributed by atoms with E-state index in [2.05, 4.69) is 27.0 Å². The van der Waals surface area contributed by atoms with Gasteiger partial charge in [0.1, 0.15) is 11.9 Å². The molecule has 0 N–H and O–H groups in total. The standard InChI is InChI=1S/C17H19N5O/c1-21-8-5-14(6-9-21)23-15-2-3-16(18-11-15)13-10-19-17-4-7-20-22(17)12-13/h2-4,7,10-12,14H,5-6,8-9H2,1H3. The normalized spacial score (nSPS) is 16.7. The summed E-state index contributed by atoms with van der Waals surface area (Å²) < 4.78 is 7.78. The summed E-state index contributed by atoms with van der Waals surface area (Å²) in [5, 5.41) is 4.20. The molecular weight excluding hydrogens is 290 g/mol. The van der Waals surface area contributed by atoms with Gasteiger partial charge in [-0.15, -0.1) is 0 Å². The first kappa shape index (κ1) is 14.1. The average molecular weight is 309 g/mol. The van der Waals surface area contributed by atoms with Crippen molar-refractivity contribution in [2.45, 2.75) is 18.9 Å². The number of rotatable bonds is 3. The van der Waals surface area contributed by atoms with Crippen LogP contribution in [-0.4, -0.2) is 50.7 Å². The molecule has 6 heteroatoms. The third-order valence-corrected chi connectivity index (χ3v) is 4.25. The highest BCUT2D eigenvalue weighted by atomic mass is 16.5. The maximum atomic E-state index is 6.03. The van der Waals surface area contributed by atoms with Gasteiger partial charge in [0.05, 0.1) is 18.1 Å². The van der Waals surface area contributed by atoms with Crippen molar-refractivity contribution in [3.05, 3.63) is 43.0 Å². The predicted molar refractivity (Wildman–Crippen MR) is 87.4 cm³/mol. The number of nitrogens with zero attached hydrogens (tertiary/aromatic N) is 5. The minimum Gasteiger partial charge on any atom is -0.489 e. The summed E-state index contributed by atoms with van der Waals surface area (Å²) in [6.45, 7) is 2.18. The van der Waals surface area contributed by atoms with E-state index in [1.54, 1.807) is 16.9 Å². The Balaban J connectivity index is 1.49. The molecule has 0 aromatic carbocycles. The Labute approximate surface area is 134 Å². The molecule has 1 aliphatic heterocycles. The van der Waals surface area contributed by atoms with Gasteiger partial charge in [0, 0.05) is 37.1 Å². The number of pyridine rings is 1. The smallest absolute Gasteiger partial charge is 0.154 e. The Morgan fingerprint density at radius 3 is 2.74 bits per heavy atom. The van der Waals surface area contributed by atoms with Crippen LogP contribution in [0.1, 0.15) is 12.8 Å². The van der Waals surface area contributed by atoms with Gasteiger partial charge < -0.3 is 9.64 Å². The van der Waals surface area contributed by atoms with E-state index in [9.17, 15) is 0 Å². The van der Waals surface area contributed by atoms with Crippen molar-refractivity contribution in [2.24, 2.45) is 0 Å². The first-order chi connectivity index (χ1) is 11.3. The molecule has 0 spiro atoms. The molecule has 4 heterocycles. The molecular formula is C17H19N5O. The molecule has 0 saturated carbocycles. The van der Waals surface area contributed by atoms with Crippen molar-refractivity contribution >= 4 is 5.65 Å². The fraction of sp³-hybridized carbons (Fsp3) is 0.353. The van der Waals surface area contributed by atoms with Crippen LogP contribution in [0.15, 0.2) is 43.0 Å². The second kappa shape index (κ2) is 5.96. The van der Waals surface area contributed by atoms with E-state index >= 15 is 0 Å². The van der Waals surface area contributed by atoms with Crippen molar-refractivity contribution in [1.29, 1.82) is 0 Å². The topological polar surface area (TPSA) is 55.5 Å². The van der Waals surface area contributed by atoms with Crippen LogP contribution in [0.4, 0.5) is 0 Å². The van der Waals surface area contributed by atoms with E-state index in [-0.39, 0.29) is 0 Å². The van der Waals surface area contributed by atoms with Crippen LogP contribution in [0.5, 0.6) is 5.75 Å². The monoisotopic (exact) mass is 309 g/mol. The highest BCUT2D eigenvalue weighted by Gasteiger charge is 2.18. The fourth-order valence-corrected chi connectivity index (χ4v) is 2.86. The molecule has 23 heavy (non-hydrogen) atoms. The minimum absolute atomic E-state index is 0.293. The molecule has 1 fully saturated rings. The van der Waals surface area contributed by atoms with Crippen molar-refractivity contribution in [1.82, 2.24) is 24.5 Å².